The van der Waals surface area contributed by atoms with Crippen molar-refractivity contribution in [1.29, 1.82) is 0 Å². The Kier molecular flexibility index (Phi) is 9.76. The van der Waals surface area contributed by atoms with E-state index in [2.05, 4.69) is 26.1 Å². The number of amides is 2. The third-order valence-electron chi connectivity index (χ3n) is 6.05. The normalized spacial score (nSPS) is 12.2. The fraction of sp³-hybridized carbons (Fsp3) is 0.355. The number of para-hydroxylation sites is 1. The number of hydrogen-bond donors (Lipinski definition) is 1. The van der Waals surface area contributed by atoms with Gasteiger partial charge in [-0.1, -0.05) is 99.1 Å². The highest BCUT2D eigenvalue weighted by atomic mass is 35.5. The van der Waals surface area contributed by atoms with E-state index in [1.807, 2.05) is 86.6 Å². The van der Waals surface area contributed by atoms with E-state index < -0.39 is 6.04 Å². The smallest absolute Gasteiger partial charge is 0.261 e. The van der Waals surface area contributed by atoms with Gasteiger partial charge in [-0.3, -0.25) is 9.59 Å². The Hall–Kier alpha value is -3.31. The van der Waals surface area contributed by atoms with Crippen LogP contribution in [0, 0.1) is 0 Å². The maximum Gasteiger partial charge on any atom is 0.261 e. The minimum absolute atomic E-state index is 0.0713. The molecule has 2 amide bonds. The van der Waals surface area contributed by atoms with Crippen molar-refractivity contribution in [3.8, 4) is 5.75 Å². The summed E-state index contributed by atoms with van der Waals surface area (Å²) in [5.74, 6) is 0.158. The molecule has 0 spiro atoms. The third-order valence-corrected chi connectivity index (χ3v) is 6.42. The van der Waals surface area contributed by atoms with Crippen LogP contribution in [-0.4, -0.2) is 35.4 Å². The first-order valence-corrected chi connectivity index (χ1v) is 13.0. The third kappa shape index (κ3) is 8.09. The lowest BCUT2D eigenvalue weighted by atomic mass is 9.86. The monoisotopic (exact) mass is 520 g/mol. The van der Waals surface area contributed by atoms with Gasteiger partial charge in [0.25, 0.3) is 5.91 Å². The zero-order valence-electron chi connectivity index (χ0n) is 22.3. The second kappa shape index (κ2) is 12.8. The van der Waals surface area contributed by atoms with Gasteiger partial charge in [0.05, 0.1) is 0 Å². The average molecular weight is 521 g/mol. The molecule has 1 atom stereocenters. The fourth-order valence-corrected chi connectivity index (χ4v) is 4.37. The highest BCUT2D eigenvalue weighted by Crippen LogP contribution is 2.31. The largest absolute Gasteiger partial charge is 0.483 e. The van der Waals surface area contributed by atoms with E-state index in [1.165, 1.54) is 0 Å². The first-order chi connectivity index (χ1) is 17.6. The predicted molar refractivity (Wildman–Crippen MR) is 150 cm³/mol. The van der Waals surface area contributed by atoms with Crippen molar-refractivity contribution in [2.45, 2.75) is 65.1 Å². The van der Waals surface area contributed by atoms with Crippen LogP contribution in [0.15, 0.2) is 78.9 Å². The number of carbonyl (C=O) groups is 2. The van der Waals surface area contributed by atoms with Crippen LogP contribution in [0.3, 0.4) is 0 Å². The first kappa shape index (κ1) is 28.3. The van der Waals surface area contributed by atoms with Gasteiger partial charge in [-0.15, -0.1) is 0 Å². The molecular weight excluding hydrogens is 484 g/mol. The Bertz CT molecular complexity index is 1190. The van der Waals surface area contributed by atoms with Gasteiger partial charge in [-0.2, -0.15) is 0 Å². The molecule has 0 aromatic heterocycles. The number of nitrogens with one attached hydrogen (secondary N) is 1. The van der Waals surface area contributed by atoms with Gasteiger partial charge >= 0.3 is 0 Å². The second-order valence-electron chi connectivity index (χ2n) is 10.5. The van der Waals surface area contributed by atoms with Crippen LogP contribution in [-0.2, 0) is 28.0 Å². The molecule has 0 aliphatic heterocycles. The summed E-state index contributed by atoms with van der Waals surface area (Å²) in [6.45, 7) is 10.1. The molecule has 0 bridgehead atoms. The predicted octanol–water partition coefficient (Wildman–Crippen LogP) is 6.18. The van der Waals surface area contributed by atoms with Crippen molar-refractivity contribution in [2.75, 3.05) is 6.61 Å². The van der Waals surface area contributed by atoms with E-state index in [4.69, 9.17) is 16.3 Å². The Labute approximate surface area is 225 Å². The Morgan fingerprint density at radius 3 is 2.19 bits per heavy atom. The molecular formula is C31H37ClN2O3. The molecule has 0 radical (unpaired) electrons. The van der Waals surface area contributed by atoms with Crippen molar-refractivity contribution >= 4 is 23.4 Å². The second-order valence-corrected chi connectivity index (χ2v) is 10.9. The molecule has 0 heterocycles. The maximum atomic E-state index is 13.8. The van der Waals surface area contributed by atoms with Gasteiger partial charge in [-0.25, -0.2) is 0 Å². The molecule has 6 heteroatoms. The number of hydrogen-bond acceptors (Lipinski definition) is 3. The number of nitrogens with zero attached hydrogens (tertiary/aromatic N) is 1. The molecule has 3 aromatic rings. The van der Waals surface area contributed by atoms with E-state index in [0.29, 0.717) is 17.2 Å². The highest BCUT2D eigenvalue weighted by Gasteiger charge is 2.31. The summed E-state index contributed by atoms with van der Waals surface area (Å²) in [7, 11) is 0. The van der Waals surface area contributed by atoms with Crippen LogP contribution < -0.4 is 10.1 Å². The minimum Gasteiger partial charge on any atom is -0.483 e. The molecule has 5 nitrogen and oxygen atoms in total. The summed E-state index contributed by atoms with van der Waals surface area (Å²) in [6.07, 6.45) is 0.369. The topological polar surface area (TPSA) is 58.6 Å². The van der Waals surface area contributed by atoms with Gasteiger partial charge < -0.3 is 15.0 Å². The molecule has 0 saturated carbocycles. The zero-order chi connectivity index (χ0) is 27.0. The number of ether oxygens (including phenoxy) is 1. The molecule has 0 aliphatic rings. The van der Waals surface area contributed by atoms with Crippen LogP contribution >= 0.6 is 11.6 Å². The van der Waals surface area contributed by atoms with Crippen molar-refractivity contribution < 1.29 is 14.3 Å². The van der Waals surface area contributed by atoms with Crippen LogP contribution in [0.25, 0.3) is 0 Å². The van der Waals surface area contributed by atoms with Crippen molar-refractivity contribution in [3.63, 3.8) is 0 Å². The summed E-state index contributed by atoms with van der Waals surface area (Å²) in [5.41, 5.74) is 2.59. The molecule has 0 saturated heterocycles. The summed E-state index contributed by atoms with van der Waals surface area (Å²) in [4.78, 5) is 28.8. The lowest BCUT2D eigenvalue weighted by Crippen LogP contribution is -2.52. The maximum absolute atomic E-state index is 13.8. The summed E-state index contributed by atoms with van der Waals surface area (Å²) >= 11 is 6.48. The molecule has 3 rings (SSSR count). The van der Waals surface area contributed by atoms with Crippen molar-refractivity contribution in [1.82, 2.24) is 10.2 Å². The van der Waals surface area contributed by atoms with Crippen molar-refractivity contribution in [2.24, 2.45) is 0 Å². The van der Waals surface area contributed by atoms with Crippen LogP contribution in [0.5, 0.6) is 5.75 Å². The highest BCUT2D eigenvalue weighted by molar-refractivity contribution is 6.31. The van der Waals surface area contributed by atoms with Gasteiger partial charge in [0.15, 0.2) is 6.61 Å². The van der Waals surface area contributed by atoms with E-state index >= 15 is 0 Å². The number of rotatable bonds is 10. The molecule has 0 unspecified atom stereocenters. The number of carbonyl (C=O) groups excluding carboxylic acids is 2. The summed E-state index contributed by atoms with van der Waals surface area (Å²) in [6, 6.07) is 24.0. The summed E-state index contributed by atoms with van der Waals surface area (Å²) in [5, 5.41) is 3.54. The average Bonchev–Trinajstić information content (AvgIpc) is 2.85. The molecule has 0 aliphatic carbocycles. The Morgan fingerprint density at radius 1 is 0.919 bits per heavy atom. The molecule has 1 N–H and O–H groups in total. The van der Waals surface area contributed by atoms with Crippen LogP contribution in [0.4, 0.5) is 0 Å². The van der Waals surface area contributed by atoms with Crippen molar-refractivity contribution in [3.05, 3.63) is 101 Å². The van der Waals surface area contributed by atoms with Gasteiger partial charge in [0.1, 0.15) is 11.8 Å². The fourth-order valence-electron chi connectivity index (χ4n) is 4.18. The molecule has 0 fully saturated rings. The van der Waals surface area contributed by atoms with Crippen LogP contribution in [0.2, 0.25) is 5.02 Å². The Balaban J connectivity index is 1.95. The summed E-state index contributed by atoms with van der Waals surface area (Å²) < 4.78 is 6.08. The lowest BCUT2D eigenvalue weighted by Gasteiger charge is -2.32. The number of halogens is 1. The van der Waals surface area contributed by atoms with E-state index in [0.717, 1.165) is 16.7 Å². The van der Waals surface area contributed by atoms with E-state index in [1.54, 1.807) is 11.0 Å². The number of benzene rings is 3. The first-order valence-electron chi connectivity index (χ1n) is 12.7. The quantitative estimate of drug-likeness (QED) is 0.347. The molecule has 37 heavy (non-hydrogen) atoms. The molecule has 196 valence electrons. The lowest BCUT2D eigenvalue weighted by molar-refractivity contribution is -0.143. The minimum atomic E-state index is -0.741. The van der Waals surface area contributed by atoms with Gasteiger partial charge in [-0.05, 0) is 48.1 Å². The Morgan fingerprint density at radius 2 is 1.54 bits per heavy atom. The standard InChI is InChI=1S/C31H37ClN2O3/c1-22(2)33-30(36)27(19-23-13-7-6-8-14-23)34(20-24-15-9-11-17-26(24)32)29(35)21-37-28-18-12-10-16-25(28)31(3,4)5/h6-18,22,27H,19-21H2,1-5H3,(H,33,36)/t27-/m0/s1. The van der Waals surface area contributed by atoms with E-state index in [-0.39, 0.29) is 36.4 Å². The zero-order valence-corrected chi connectivity index (χ0v) is 23.1. The van der Waals surface area contributed by atoms with Crippen LogP contribution in [0.1, 0.15) is 51.3 Å². The van der Waals surface area contributed by atoms with Gasteiger partial charge in [0, 0.05) is 24.0 Å². The SMILES string of the molecule is CC(C)NC(=O)[C@H](Cc1ccccc1)N(Cc1ccccc1Cl)C(=O)COc1ccccc1C(C)(C)C. The van der Waals surface area contributed by atoms with Gasteiger partial charge in [0.2, 0.25) is 5.91 Å². The molecule has 3 aromatic carbocycles. The van der Waals surface area contributed by atoms with E-state index in [9.17, 15) is 9.59 Å².